The highest BCUT2D eigenvalue weighted by atomic mass is 35.5. The van der Waals surface area contributed by atoms with E-state index in [1.165, 1.54) is 6.08 Å². The van der Waals surface area contributed by atoms with Gasteiger partial charge in [-0.25, -0.2) is 0 Å². The number of nitrogens with zero attached hydrogens (tertiary/aromatic N) is 1. The Bertz CT molecular complexity index is 246. The molecule has 0 fully saturated rings. The Kier molecular flexibility index (Phi) is 9.15. The molecule has 1 N–H and O–H groups in total. The minimum absolute atomic E-state index is 0. The molecule has 0 rings (SSSR count). The summed E-state index contributed by atoms with van der Waals surface area (Å²) in [6, 6.07) is 0. The second-order valence-electron chi connectivity index (χ2n) is 3.58. The van der Waals surface area contributed by atoms with Crippen LogP contribution in [-0.4, -0.2) is 43.7 Å². The first-order chi connectivity index (χ1) is 7.31. The van der Waals surface area contributed by atoms with Gasteiger partial charge in [-0.15, -0.1) is 19.0 Å². The van der Waals surface area contributed by atoms with Crippen molar-refractivity contribution < 1.29 is 18.0 Å². The molecule has 0 aromatic carbocycles. The minimum Gasteiger partial charge on any atom is -0.330 e. The van der Waals surface area contributed by atoms with Gasteiger partial charge in [-0.05, 0) is 7.05 Å². The number of amides is 1. The average molecular weight is 275 g/mol. The zero-order valence-electron chi connectivity index (χ0n) is 9.88. The number of nitrogens with one attached hydrogen (secondary N) is 1. The van der Waals surface area contributed by atoms with Gasteiger partial charge in [0.25, 0.3) is 0 Å². The Morgan fingerprint density at radius 3 is 2.41 bits per heavy atom. The summed E-state index contributed by atoms with van der Waals surface area (Å²) in [5.41, 5.74) is 0. The van der Waals surface area contributed by atoms with Crippen LogP contribution in [0.25, 0.3) is 0 Å². The molecule has 3 nitrogen and oxygen atoms in total. The molecule has 0 aromatic heterocycles. The van der Waals surface area contributed by atoms with E-state index in [-0.39, 0.29) is 19.0 Å². The van der Waals surface area contributed by atoms with Crippen LogP contribution in [0.1, 0.15) is 6.92 Å². The van der Waals surface area contributed by atoms with E-state index in [1.54, 1.807) is 14.0 Å². The lowest BCUT2D eigenvalue weighted by atomic mass is 10.1. The van der Waals surface area contributed by atoms with Crippen molar-refractivity contribution in [1.82, 2.24) is 10.2 Å². The summed E-state index contributed by atoms with van der Waals surface area (Å²) in [6.07, 6.45) is -3.09. The lowest BCUT2D eigenvalue weighted by Crippen LogP contribution is -2.43. The first-order valence-corrected chi connectivity index (χ1v) is 4.93. The third-order valence-electron chi connectivity index (χ3n) is 1.96. The summed E-state index contributed by atoms with van der Waals surface area (Å²) in [5, 5.41) is 2.75. The molecule has 1 unspecified atom stereocenters. The van der Waals surface area contributed by atoms with E-state index in [9.17, 15) is 18.0 Å². The van der Waals surface area contributed by atoms with Crippen molar-refractivity contribution in [3.63, 3.8) is 0 Å². The highest BCUT2D eigenvalue weighted by molar-refractivity contribution is 5.85. The molecule has 0 aromatic rings. The topological polar surface area (TPSA) is 32.3 Å². The van der Waals surface area contributed by atoms with Crippen molar-refractivity contribution in [2.45, 2.75) is 13.1 Å². The number of alkyl halides is 3. The molecular weight excluding hydrogens is 257 g/mol. The lowest BCUT2D eigenvalue weighted by Gasteiger charge is -2.25. The van der Waals surface area contributed by atoms with Gasteiger partial charge >= 0.3 is 6.18 Å². The van der Waals surface area contributed by atoms with Crippen molar-refractivity contribution in [3.05, 3.63) is 12.7 Å². The lowest BCUT2D eigenvalue weighted by molar-refractivity contribution is -0.162. The smallest absolute Gasteiger partial charge is 0.330 e. The van der Waals surface area contributed by atoms with Crippen molar-refractivity contribution in [2.24, 2.45) is 5.92 Å². The van der Waals surface area contributed by atoms with Crippen LogP contribution in [0.4, 0.5) is 13.2 Å². The van der Waals surface area contributed by atoms with Crippen LogP contribution in [-0.2, 0) is 4.79 Å². The fraction of sp³-hybridized carbons (Fsp3) is 0.700. The zero-order chi connectivity index (χ0) is 12.8. The van der Waals surface area contributed by atoms with Crippen LogP contribution in [0.5, 0.6) is 0 Å². The van der Waals surface area contributed by atoms with Gasteiger partial charge in [0.15, 0.2) is 0 Å². The maximum atomic E-state index is 12.2. The summed E-state index contributed by atoms with van der Waals surface area (Å²) in [4.78, 5) is 12.4. The number of hydrogen-bond acceptors (Lipinski definition) is 2. The third kappa shape index (κ3) is 8.04. The Labute approximate surface area is 105 Å². The molecule has 17 heavy (non-hydrogen) atoms. The maximum absolute atomic E-state index is 12.2. The number of hydrogen-bond donors (Lipinski definition) is 1. The van der Waals surface area contributed by atoms with Crippen LogP contribution >= 0.6 is 12.4 Å². The third-order valence-corrected chi connectivity index (χ3v) is 1.96. The Morgan fingerprint density at radius 2 is 2.06 bits per heavy atom. The van der Waals surface area contributed by atoms with Crippen LogP contribution < -0.4 is 5.32 Å². The highest BCUT2D eigenvalue weighted by Gasteiger charge is 2.33. The second kappa shape index (κ2) is 8.36. The zero-order valence-corrected chi connectivity index (χ0v) is 10.7. The normalized spacial score (nSPS) is 12.5. The van der Waals surface area contributed by atoms with Gasteiger partial charge in [0.2, 0.25) is 5.91 Å². The van der Waals surface area contributed by atoms with E-state index in [0.717, 1.165) is 4.90 Å². The Hall–Kier alpha value is -0.750. The molecule has 102 valence electrons. The van der Waals surface area contributed by atoms with Crippen LogP contribution in [0, 0.1) is 5.92 Å². The van der Waals surface area contributed by atoms with Crippen LogP contribution in [0.15, 0.2) is 12.7 Å². The predicted molar refractivity (Wildman–Crippen MR) is 63.2 cm³/mol. The molecule has 0 saturated carbocycles. The molecule has 0 aliphatic carbocycles. The quantitative estimate of drug-likeness (QED) is 0.750. The van der Waals surface area contributed by atoms with E-state index in [1.807, 2.05) is 0 Å². The molecule has 0 bridgehead atoms. The molecule has 0 aliphatic heterocycles. The van der Waals surface area contributed by atoms with Crippen molar-refractivity contribution in [2.75, 3.05) is 26.7 Å². The molecular formula is C10H18ClF3N2O. The first-order valence-electron chi connectivity index (χ1n) is 4.93. The Balaban J connectivity index is 0. The van der Waals surface area contributed by atoms with Gasteiger partial charge < -0.3 is 10.2 Å². The molecule has 0 saturated heterocycles. The number of carbonyl (C=O) groups is 1. The molecule has 0 aliphatic rings. The molecule has 0 radical (unpaired) electrons. The average Bonchev–Trinajstić information content (AvgIpc) is 2.14. The molecule has 1 atom stereocenters. The first kappa shape index (κ1) is 18.6. The van der Waals surface area contributed by atoms with Crippen LogP contribution in [0.3, 0.4) is 0 Å². The number of halogens is 4. The fourth-order valence-electron chi connectivity index (χ4n) is 1.31. The van der Waals surface area contributed by atoms with E-state index >= 15 is 0 Å². The van der Waals surface area contributed by atoms with E-state index in [0.29, 0.717) is 6.54 Å². The number of carbonyl (C=O) groups excluding carboxylic acids is 1. The largest absolute Gasteiger partial charge is 0.406 e. The fourth-order valence-corrected chi connectivity index (χ4v) is 1.31. The molecule has 7 heteroatoms. The summed E-state index contributed by atoms with van der Waals surface area (Å²) >= 11 is 0. The van der Waals surface area contributed by atoms with Crippen molar-refractivity contribution in [3.8, 4) is 0 Å². The van der Waals surface area contributed by atoms with Crippen molar-refractivity contribution >= 4 is 18.3 Å². The van der Waals surface area contributed by atoms with Gasteiger partial charge in [0.1, 0.15) is 6.54 Å². The summed E-state index contributed by atoms with van der Waals surface area (Å²) in [6.45, 7) is 3.96. The summed E-state index contributed by atoms with van der Waals surface area (Å²) in [5.74, 6) is -1.00. The summed E-state index contributed by atoms with van der Waals surface area (Å²) in [7, 11) is 1.64. The van der Waals surface area contributed by atoms with Gasteiger partial charge in [0.05, 0.1) is 0 Å². The van der Waals surface area contributed by atoms with E-state index < -0.39 is 24.5 Å². The van der Waals surface area contributed by atoms with E-state index in [2.05, 4.69) is 11.9 Å². The van der Waals surface area contributed by atoms with Crippen molar-refractivity contribution in [1.29, 1.82) is 0 Å². The maximum Gasteiger partial charge on any atom is 0.406 e. The van der Waals surface area contributed by atoms with Crippen LogP contribution in [0.2, 0.25) is 0 Å². The monoisotopic (exact) mass is 274 g/mol. The van der Waals surface area contributed by atoms with E-state index in [4.69, 9.17) is 0 Å². The summed E-state index contributed by atoms with van der Waals surface area (Å²) < 4.78 is 36.6. The van der Waals surface area contributed by atoms with Gasteiger partial charge in [-0.1, -0.05) is 13.0 Å². The minimum atomic E-state index is -4.38. The molecule has 0 heterocycles. The standard InChI is InChI=1S/C10H17F3N2O.ClH/c1-4-5-15(7-10(11,12)13)9(16)8(2)6-14-3;/h4,8,14H,1,5-7H2,2-3H3;1H. The molecule has 1 amide bonds. The SMILES string of the molecule is C=CCN(CC(F)(F)F)C(=O)C(C)CNC.Cl. The number of rotatable bonds is 6. The second-order valence-corrected chi connectivity index (χ2v) is 3.58. The van der Waals surface area contributed by atoms with Gasteiger partial charge in [-0.2, -0.15) is 13.2 Å². The van der Waals surface area contributed by atoms with Gasteiger partial charge in [0, 0.05) is 19.0 Å². The highest BCUT2D eigenvalue weighted by Crippen LogP contribution is 2.17. The Morgan fingerprint density at radius 1 is 1.53 bits per heavy atom. The molecule has 0 spiro atoms. The van der Waals surface area contributed by atoms with Gasteiger partial charge in [-0.3, -0.25) is 4.79 Å². The predicted octanol–water partition coefficient (Wildman–Crippen LogP) is 1.84.